The van der Waals surface area contributed by atoms with Gasteiger partial charge in [0.25, 0.3) is 10.2 Å². The molecule has 2 unspecified atom stereocenters. The van der Waals surface area contributed by atoms with Gasteiger partial charge >= 0.3 is 5.97 Å². The second-order valence-corrected chi connectivity index (χ2v) is 5.54. The molecule has 0 aliphatic heterocycles. The summed E-state index contributed by atoms with van der Waals surface area (Å²) < 4.78 is 27.7. The maximum absolute atomic E-state index is 11.5. The normalized spacial score (nSPS) is 25.2. The average Bonchev–Trinajstić information content (AvgIpc) is 2.48. The maximum Gasteiger partial charge on any atom is 0.310 e. The second-order valence-electron chi connectivity index (χ2n) is 4.07. The van der Waals surface area contributed by atoms with Crippen LogP contribution in [0.4, 0.5) is 0 Å². The van der Waals surface area contributed by atoms with Crippen molar-refractivity contribution in [2.75, 3.05) is 0 Å². The third kappa shape index (κ3) is 3.92. The molecule has 1 aliphatic carbocycles. The molecule has 92 valence electrons. The molecule has 7 heteroatoms. The van der Waals surface area contributed by atoms with E-state index in [1.807, 2.05) is 0 Å². The summed E-state index contributed by atoms with van der Waals surface area (Å²) in [4.78, 5) is 10.6. The molecule has 1 aliphatic rings. The van der Waals surface area contributed by atoms with Crippen LogP contribution < -0.4 is 9.44 Å². The number of hydrogen-bond donors (Lipinski definition) is 3. The van der Waals surface area contributed by atoms with E-state index in [4.69, 9.17) is 5.11 Å². The number of aliphatic carboxylic acids is 1. The Bertz CT molecular complexity index is 388. The molecule has 6 nitrogen and oxygen atoms in total. The summed E-state index contributed by atoms with van der Waals surface area (Å²) in [6.45, 7) is 3.42. The molecule has 16 heavy (non-hydrogen) atoms. The third-order valence-corrected chi connectivity index (χ3v) is 3.49. The standard InChI is InChI=1S/C9H16N2O4S/c1-6(2)10-16(14,15)11-8-4-3-7(5-8)9(12)13/h3-4,6-8,10-11H,5H2,1-2H3,(H,12,13). The predicted molar refractivity (Wildman–Crippen MR) is 59.0 cm³/mol. The van der Waals surface area contributed by atoms with Gasteiger partial charge < -0.3 is 5.11 Å². The highest BCUT2D eigenvalue weighted by Gasteiger charge is 2.27. The first-order valence-corrected chi connectivity index (χ1v) is 6.49. The Balaban J connectivity index is 2.52. The van der Waals surface area contributed by atoms with Crippen LogP contribution in [0.3, 0.4) is 0 Å². The van der Waals surface area contributed by atoms with Gasteiger partial charge in [-0.05, 0) is 20.3 Å². The van der Waals surface area contributed by atoms with E-state index in [2.05, 4.69) is 9.44 Å². The molecule has 2 atom stereocenters. The molecule has 0 fully saturated rings. The molecule has 0 aromatic heterocycles. The van der Waals surface area contributed by atoms with Gasteiger partial charge in [-0.2, -0.15) is 17.9 Å². The van der Waals surface area contributed by atoms with Gasteiger partial charge in [0.1, 0.15) is 0 Å². The van der Waals surface area contributed by atoms with Crippen molar-refractivity contribution in [3.05, 3.63) is 12.2 Å². The molecule has 0 bridgehead atoms. The summed E-state index contributed by atoms with van der Waals surface area (Å²) in [6, 6.07) is -0.643. The van der Waals surface area contributed by atoms with Crippen LogP contribution in [-0.4, -0.2) is 31.6 Å². The van der Waals surface area contributed by atoms with Crippen LogP contribution in [0.1, 0.15) is 20.3 Å². The van der Waals surface area contributed by atoms with Gasteiger partial charge in [0.2, 0.25) is 0 Å². The average molecular weight is 248 g/mol. The summed E-state index contributed by atoms with van der Waals surface area (Å²) in [5.41, 5.74) is 0. The van der Waals surface area contributed by atoms with Gasteiger partial charge in [0.05, 0.1) is 5.92 Å². The molecule has 3 N–H and O–H groups in total. The predicted octanol–water partition coefficient (Wildman–Crippen LogP) is -0.152. The Hall–Kier alpha value is -0.920. The topological polar surface area (TPSA) is 95.5 Å². The molecular formula is C9H16N2O4S. The van der Waals surface area contributed by atoms with Crippen LogP contribution >= 0.6 is 0 Å². The van der Waals surface area contributed by atoms with Crippen LogP contribution in [0.2, 0.25) is 0 Å². The molecular weight excluding hydrogens is 232 g/mol. The van der Waals surface area contributed by atoms with Crippen LogP contribution in [0.5, 0.6) is 0 Å². The van der Waals surface area contributed by atoms with E-state index in [0.717, 1.165) is 0 Å². The third-order valence-electron chi connectivity index (χ3n) is 2.10. The Morgan fingerprint density at radius 2 is 2.06 bits per heavy atom. The lowest BCUT2D eigenvalue weighted by Crippen LogP contribution is -2.44. The SMILES string of the molecule is CC(C)NS(=O)(=O)NC1C=CC(C(=O)O)C1. The molecule has 0 saturated carbocycles. The summed E-state index contributed by atoms with van der Waals surface area (Å²) >= 11 is 0. The van der Waals surface area contributed by atoms with E-state index >= 15 is 0 Å². The van der Waals surface area contributed by atoms with E-state index in [9.17, 15) is 13.2 Å². The number of carboxylic acid groups (broad SMARTS) is 1. The highest BCUT2D eigenvalue weighted by atomic mass is 32.2. The smallest absolute Gasteiger partial charge is 0.310 e. The van der Waals surface area contributed by atoms with E-state index < -0.39 is 28.1 Å². The number of hydrogen-bond acceptors (Lipinski definition) is 3. The molecule has 0 aromatic carbocycles. The minimum absolute atomic E-state index is 0.196. The molecule has 1 rings (SSSR count). The number of nitrogens with one attached hydrogen (secondary N) is 2. The summed E-state index contributed by atoms with van der Waals surface area (Å²) in [5, 5.41) is 8.73. The van der Waals surface area contributed by atoms with Crippen LogP contribution in [0, 0.1) is 5.92 Å². The Morgan fingerprint density at radius 3 is 2.50 bits per heavy atom. The lowest BCUT2D eigenvalue weighted by molar-refractivity contribution is -0.140. The molecule has 0 aromatic rings. The zero-order valence-corrected chi connectivity index (χ0v) is 9.99. The Labute approximate surface area is 94.9 Å². The van der Waals surface area contributed by atoms with Gasteiger partial charge in [0, 0.05) is 12.1 Å². The first kappa shape index (κ1) is 13.1. The highest BCUT2D eigenvalue weighted by Crippen LogP contribution is 2.18. The number of carbonyl (C=O) groups is 1. The minimum Gasteiger partial charge on any atom is -0.481 e. The van der Waals surface area contributed by atoms with Gasteiger partial charge in [-0.1, -0.05) is 12.2 Å². The fraction of sp³-hybridized carbons (Fsp3) is 0.667. The van der Waals surface area contributed by atoms with E-state index in [1.54, 1.807) is 19.9 Å². The van der Waals surface area contributed by atoms with Gasteiger partial charge in [-0.3, -0.25) is 4.79 Å². The fourth-order valence-corrected chi connectivity index (χ4v) is 2.78. The first-order valence-electron chi connectivity index (χ1n) is 5.01. The summed E-state index contributed by atoms with van der Waals surface area (Å²) in [6.07, 6.45) is 3.33. The van der Waals surface area contributed by atoms with Crippen molar-refractivity contribution >= 4 is 16.2 Å². The minimum atomic E-state index is -3.56. The monoisotopic (exact) mass is 248 g/mol. The van der Waals surface area contributed by atoms with Crippen molar-refractivity contribution < 1.29 is 18.3 Å². The Kier molecular flexibility index (Phi) is 4.06. The van der Waals surface area contributed by atoms with Crippen LogP contribution in [-0.2, 0) is 15.0 Å². The van der Waals surface area contributed by atoms with Gasteiger partial charge in [0.15, 0.2) is 0 Å². The van der Waals surface area contributed by atoms with E-state index in [-0.39, 0.29) is 12.5 Å². The van der Waals surface area contributed by atoms with Crippen molar-refractivity contribution in [3.8, 4) is 0 Å². The van der Waals surface area contributed by atoms with Crippen molar-refractivity contribution in [1.82, 2.24) is 9.44 Å². The molecule has 0 spiro atoms. The molecule has 0 heterocycles. The van der Waals surface area contributed by atoms with E-state index in [0.29, 0.717) is 0 Å². The van der Waals surface area contributed by atoms with E-state index in [1.165, 1.54) is 6.08 Å². The van der Waals surface area contributed by atoms with Crippen LogP contribution in [0.25, 0.3) is 0 Å². The zero-order chi connectivity index (χ0) is 12.3. The Morgan fingerprint density at radius 1 is 1.44 bits per heavy atom. The van der Waals surface area contributed by atoms with Crippen LogP contribution in [0.15, 0.2) is 12.2 Å². The molecule has 0 saturated heterocycles. The second kappa shape index (κ2) is 4.94. The summed E-state index contributed by atoms with van der Waals surface area (Å²) in [5.74, 6) is -1.54. The van der Waals surface area contributed by atoms with Crippen molar-refractivity contribution in [1.29, 1.82) is 0 Å². The fourth-order valence-electron chi connectivity index (χ4n) is 1.51. The van der Waals surface area contributed by atoms with Crippen molar-refractivity contribution in [3.63, 3.8) is 0 Å². The largest absolute Gasteiger partial charge is 0.481 e. The molecule has 0 amide bonds. The first-order chi connectivity index (χ1) is 7.30. The highest BCUT2D eigenvalue weighted by molar-refractivity contribution is 7.87. The lowest BCUT2D eigenvalue weighted by atomic mass is 10.1. The lowest BCUT2D eigenvalue weighted by Gasteiger charge is -2.14. The summed E-state index contributed by atoms with van der Waals surface area (Å²) in [7, 11) is -3.56. The van der Waals surface area contributed by atoms with Crippen molar-refractivity contribution in [2.45, 2.75) is 32.4 Å². The van der Waals surface area contributed by atoms with Gasteiger partial charge in [-0.25, -0.2) is 0 Å². The van der Waals surface area contributed by atoms with Gasteiger partial charge in [-0.15, -0.1) is 0 Å². The maximum atomic E-state index is 11.5. The number of carboxylic acids is 1. The molecule has 0 radical (unpaired) electrons. The quantitative estimate of drug-likeness (QED) is 0.589. The number of rotatable bonds is 5. The van der Waals surface area contributed by atoms with Crippen molar-refractivity contribution in [2.24, 2.45) is 5.92 Å². The zero-order valence-electron chi connectivity index (χ0n) is 9.17.